The van der Waals surface area contributed by atoms with Crippen LogP contribution in [0.25, 0.3) is 0 Å². The lowest BCUT2D eigenvalue weighted by Crippen LogP contribution is -2.35. The van der Waals surface area contributed by atoms with E-state index in [0.29, 0.717) is 5.95 Å². The third-order valence-corrected chi connectivity index (χ3v) is 3.48. The van der Waals surface area contributed by atoms with E-state index in [9.17, 15) is 0 Å². The van der Waals surface area contributed by atoms with Gasteiger partial charge in [0.25, 0.3) is 0 Å². The number of halogens is 1. The summed E-state index contributed by atoms with van der Waals surface area (Å²) < 4.78 is 0.898. The fourth-order valence-corrected chi connectivity index (χ4v) is 2.20. The zero-order chi connectivity index (χ0) is 12.8. The van der Waals surface area contributed by atoms with E-state index in [4.69, 9.17) is 0 Å². The lowest BCUT2D eigenvalue weighted by molar-refractivity contribution is 0.272. The highest BCUT2D eigenvalue weighted by Crippen LogP contribution is 2.21. The third kappa shape index (κ3) is 3.81. The molecule has 0 aromatic carbocycles. The first kappa shape index (κ1) is 13.5. The van der Waals surface area contributed by atoms with E-state index in [0.717, 1.165) is 36.3 Å². The minimum Gasteiger partial charge on any atom is -0.354 e. The molecule has 0 saturated carbocycles. The van der Waals surface area contributed by atoms with Crippen LogP contribution >= 0.6 is 15.9 Å². The van der Waals surface area contributed by atoms with Crippen molar-refractivity contribution >= 4 is 27.7 Å². The Balaban J connectivity index is 2.00. The van der Waals surface area contributed by atoms with Gasteiger partial charge in [0.2, 0.25) is 5.95 Å². The number of hydrogen-bond donors (Lipinski definition) is 2. The third-order valence-electron chi connectivity index (χ3n) is 2.90. The van der Waals surface area contributed by atoms with Crippen LogP contribution in [0.4, 0.5) is 11.8 Å². The van der Waals surface area contributed by atoms with Gasteiger partial charge in [-0.3, -0.25) is 0 Å². The van der Waals surface area contributed by atoms with E-state index in [1.54, 1.807) is 6.20 Å². The van der Waals surface area contributed by atoms with E-state index in [-0.39, 0.29) is 0 Å². The van der Waals surface area contributed by atoms with Gasteiger partial charge in [-0.2, -0.15) is 4.98 Å². The summed E-state index contributed by atoms with van der Waals surface area (Å²) in [6.07, 6.45) is 6.67. The van der Waals surface area contributed by atoms with Crippen molar-refractivity contribution < 1.29 is 0 Å². The summed E-state index contributed by atoms with van der Waals surface area (Å²) >= 11 is 3.48. The molecule has 0 radical (unpaired) electrons. The van der Waals surface area contributed by atoms with Crippen molar-refractivity contribution in [2.24, 2.45) is 0 Å². The lowest BCUT2D eigenvalue weighted by atomic mass is 10.2. The smallest absolute Gasteiger partial charge is 0.224 e. The van der Waals surface area contributed by atoms with Crippen LogP contribution in [0.15, 0.2) is 10.7 Å². The summed E-state index contributed by atoms with van der Waals surface area (Å²) in [5.41, 5.74) is 3.36. The van der Waals surface area contributed by atoms with E-state index in [1.165, 1.54) is 19.3 Å². The standard InChI is InChI=1S/C12H20BrN5/c1-2-6-14-12-15-9-10(13)11(16-12)17-18-7-4-3-5-8-18/h9H,2-8H2,1H3,(H2,14,15,16,17). The molecule has 1 saturated heterocycles. The lowest BCUT2D eigenvalue weighted by Gasteiger charge is -2.27. The molecule has 0 amide bonds. The van der Waals surface area contributed by atoms with Gasteiger partial charge in [0.15, 0.2) is 5.82 Å². The second kappa shape index (κ2) is 6.89. The van der Waals surface area contributed by atoms with Crippen molar-refractivity contribution in [3.63, 3.8) is 0 Å². The number of hydrazine groups is 1. The minimum absolute atomic E-state index is 0.680. The van der Waals surface area contributed by atoms with Gasteiger partial charge in [-0.05, 0) is 35.2 Å². The highest BCUT2D eigenvalue weighted by atomic mass is 79.9. The highest BCUT2D eigenvalue weighted by molar-refractivity contribution is 9.10. The number of nitrogens with one attached hydrogen (secondary N) is 2. The monoisotopic (exact) mass is 313 g/mol. The predicted molar refractivity (Wildman–Crippen MR) is 77.6 cm³/mol. The summed E-state index contributed by atoms with van der Waals surface area (Å²) in [7, 11) is 0. The van der Waals surface area contributed by atoms with Gasteiger partial charge in [0.1, 0.15) is 0 Å². The summed E-state index contributed by atoms with van der Waals surface area (Å²) in [6, 6.07) is 0. The fourth-order valence-electron chi connectivity index (χ4n) is 1.92. The maximum absolute atomic E-state index is 4.48. The van der Waals surface area contributed by atoms with Crippen LogP contribution in [0.3, 0.4) is 0 Å². The number of anilines is 2. The fraction of sp³-hybridized carbons (Fsp3) is 0.667. The highest BCUT2D eigenvalue weighted by Gasteiger charge is 2.12. The molecule has 5 nitrogen and oxygen atoms in total. The molecule has 1 aromatic rings. The number of nitrogens with zero attached hydrogens (tertiary/aromatic N) is 3. The zero-order valence-corrected chi connectivity index (χ0v) is 12.3. The van der Waals surface area contributed by atoms with Crippen LogP contribution in [0, 0.1) is 0 Å². The number of hydrogen-bond acceptors (Lipinski definition) is 5. The summed E-state index contributed by atoms with van der Waals surface area (Å²) in [6.45, 7) is 5.17. The second-order valence-electron chi connectivity index (χ2n) is 4.48. The Morgan fingerprint density at radius 1 is 1.33 bits per heavy atom. The molecule has 1 aromatic heterocycles. The Hall–Kier alpha value is -0.880. The first-order valence-electron chi connectivity index (χ1n) is 6.57. The molecule has 1 aliphatic rings. The average molecular weight is 314 g/mol. The van der Waals surface area contributed by atoms with E-state index in [2.05, 4.69) is 48.6 Å². The molecular weight excluding hydrogens is 294 g/mol. The van der Waals surface area contributed by atoms with Gasteiger partial charge in [0.05, 0.1) is 4.47 Å². The van der Waals surface area contributed by atoms with Crippen molar-refractivity contribution in [3.8, 4) is 0 Å². The molecular formula is C12H20BrN5. The van der Waals surface area contributed by atoms with Crippen LogP contribution in [0.5, 0.6) is 0 Å². The molecule has 2 rings (SSSR count). The zero-order valence-electron chi connectivity index (χ0n) is 10.7. The molecule has 0 aliphatic carbocycles. The SMILES string of the molecule is CCCNc1ncc(Br)c(NN2CCCCC2)n1. The molecule has 0 spiro atoms. The van der Waals surface area contributed by atoms with E-state index < -0.39 is 0 Å². The van der Waals surface area contributed by atoms with Crippen LogP contribution in [0.2, 0.25) is 0 Å². The molecule has 2 heterocycles. The van der Waals surface area contributed by atoms with Gasteiger partial charge in [-0.25, -0.2) is 9.99 Å². The maximum Gasteiger partial charge on any atom is 0.224 e. The maximum atomic E-state index is 4.48. The summed E-state index contributed by atoms with van der Waals surface area (Å²) in [5.74, 6) is 1.52. The van der Waals surface area contributed by atoms with E-state index in [1.807, 2.05) is 0 Å². The Bertz CT molecular complexity index is 379. The van der Waals surface area contributed by atoms with Crippen molar-refractivity contribution in [2.75, 3.05) is 30.4 Å². The average Bonchev–Trinajstić information content (AvgIpc) is 2.41. The summed E-state index contributed by atoms with van der Waals surface area (Å²) in [5, 5.41) is 5.42. The van der Waals surface area contributed by atoms with Gasteiger partial charge in [-0.15, -0.1) is 0 Å². The number of piperidine rings is 1. The van der Waals surface area contributed by atoms with Gasteiger partial charge in [0, 0.05) is 25.8 Å². The quantitative estimate of drug-likeness (QED) is 0.875. The van der Waals surface area contributed by atoms with Crippen LogP contribution < -0.4 is 10.7 Å². The largest absolute Gasteiger partial charge is 0.354 e. The molecule has 2 N–H and O–H groups in total. The molecule has 1 aliphatic heterocycles. The van der Waals surface area contributed by atoms with Crippen molar-refractivity contribution in [1.29, 1.82) is 0 Å². The van der Waals surface area contributed by atoms with Gasteiger partial charge < -0.3 is 10.7 Å². The molecule has 6 heteroatoms. The molecule has 100 valence electrons. The van der Waals surface area contributed by atoms with Gasteiger partial charge >= 0.3 is 0 Å². The van der Waals surface area contributed by atoms with Crippen LogP contribution in [-0.4, -0.2) is 34.6 Å². The first-order valence-corrected chi connectivity index (χ1v) is 7.37. The van der Waals surface area contributed by atoms with Gasteiger partial charge in [-0.1, -0.05) is 13.3 Å². The summed E-state index contributed by atoms with van der Waals surface area (Å²) in [4.78, 5) is 8.72. The Morgan fingerprint density at radius 2 is 2.11 bits per heavy atom. The number of rotatable bonds is 5. The first-order chi connectivity index (χ1) is 8.79. The molecule has 0 atom stereocenters. The molecule has 0 unspecified atom stereocenters. The van der Waals surface area contributed by atoms with Crippen molar-refractivity contribution in [3.05, 3.63) is 10.7 Å². The second-order valence-corrected chi connectivity index (χ2v) is 5.33. The van der Waals surface area contributed by atoms with Crippen molar-refractivity contribution in [1.82, 2.24) is 15.0 Å². The Morgan fingerprint density at radius 3 is 2.83 bits per heavy atom. The normalized spacial score (nSPS) is 16.6. The molecule has 1 fully saturated rings. The molecule has 0 bridgehead atoms. The van der Waals surface area contributed by atoms with Crippen molar-refractivity contribution in [2.45, 2.75) is 32.6 Å². The van der Waals surface area contributed by atoms with E-state index >= 15 is 0 Å². The Kier molecular flexibility index (Phi) is 5.19. The van der Waals surface area contributed by atoms with Crippen LogP contribution in [0.1, 0.15) is 32.6 Å². The molecule has 18 heavy (non-hydrogen) atoms. The number of aromatic nitrogens is 2. The Labute approximate surface area is 116 Å². The predicted octanol–water partition coefficient (Wildman–Crippen LogP) is 2.87. The minimum atomic E-state index is 0.680. The van der Waals surface area contributed by atoms with Crippen LogP contribution in [-0.2, 0) is 0 Å². The topological polar surface area (TPSA) is 53.1 Å².